The second-order valence-electron chi connectivity index (χ2n) is 10.3. The van der Waals surface area contributed by atoms with Crippen molar-refractivity contribution in [2.75, 3.05) is 74.5 Å². The minimum absolute atomic E-state index is 0. The average Bonchev–Trinajstić information content (AvgIpc) is 3.69. The lowest BCUT2D eigenvalue weighted by atomic mass is 10.1. The third-order valence-corrected chi connectivity index (χ3v) is 7.82. The number of anilines is 3. The molecule has 3 aromatic rings. The standard InChI is InChI=1S/C28H35N7O2.ClH/c29-27-25(19-24(31-32-27)23-6-1-2-7-26(23)36)34-14-15-35(28(20-34)8-9-28)21-4-3-5-22(18-21)37-17-16-33-12-10-30-11-13-33;/h1-7,18-19,30,36H,8-17,20H2,(H2,29,32);1H. The Morgan fingerprint density at radius 2 is 1.79 bits per heavy atom. The van der Waals surface area contributed by atoms with Crippen LogP contribution in [0.1, 0.15) is 12.8 Å². The van der Waals surface area contributed by atoms with Crippen LogP contribution in [0.3, 0.4) is 0 Å². The fourth-order valence-corrected chi connectivity index (χ4v) is 5.59. The number of piperazine rings is 2. The van der Waals surface area contributed by atoms with Gasteiger partial charge in [-0.25, -0.2) is 0 Å². The van der Waals surface area contributed by atoms with Crippen molar-refractivity contribution in [1.29, 1.82) is 0 Å². The molecular formula is C28H36ClN7O2. The molecule has 2 saturated heterocycles. The second-order valence-corrected chi connectivity index (χ2v) is 10.3. The van der Waals surface area contributed by atoms with Crippen LogP contribution in [0, 0.1) is 0 Å². The molecule has 2 aromatic carbocycles. The van der Waals surface area contributed by atoms with E-state index in [1.54, 1.807) is 12.1 Å². The number of hydrogen-bond acceptors (Lipinski definition) is 9. The number of nitrogen functional groups attached to an aromatic ring is 1. The summed E-state index contributed by atoms with van der Waals surface area (Å²) in [5.41, 5.74) is 9.76. The van der Waals surface area contributed by atoms with Gasteiger partial charge in [-0.3, -0.25) is 4.90 Å². The summed E-state index contributed by atoms with van der Waals surface area (Å²) in [6, 6.07) is 17.7. The van der Waals surface area contributed by atoms with E-state index in [-0.39, 0.29) is 23.7 Å². The molecule has 0 bridgehead atoms. The lowest BCUT2D eigenvalue weighted by molar-refractivity contribution is 0.191. The first-order chi connectivity index (χ1) is 18.1. The van der Waals surface area contributed by atoms with Crippen LogP contribution in [0.25, 0.3) is 11.3 Å². The number of nitrogens with two attached hydrogens (primary N) is 1. The van der Waals surface area contributed by atoms with Gasteiger partial charge in [-0.1, -0.05) is 18.2 Å². The van der Waals surface area contributed by atoms with Crippen LogP contribution in [-0.4, -0.2) is 84.7 Å². The number of hydrogen-bond donors (Lipinski definition) is 3. The Kier molecular flexibility index (Phi) is 7.78. The predicted molar refractivity (Wildman–Crippen MR) is 154 cm³/mol. The number of phenolic OH excluding ortho intramolecular Hbond substituents is 1. The van der Waals surface area contributed by atoms with Gasteiger partial charge in [0.15, 0.2) is 5.82 Å². The summed E-state index contributed by atoms with van der Waals surface area (Å²) in [5.74, 6) is 1.54. The number of aromatic nitrogens is 2. The first-order valence-electron chi connectivity index (χ1n) is 13.2. The third-order valence-electron chi connectivity index (χ3n) is 7.82. The molecule has 0 atom stereocenters. The minimum atomic E-state index is 0. The zero-order valence-corrected chi connectivity index (χ0v) is 22.4. The number of halogens is 1. The van der Waals surface area contributed by atoms with Crippen molar-refractivity contribution in [3.63, 3.8) is 0 Å². The summed E-state index contributed by atoms with van der Waals surface area (Å²) in [6.45, 7) is 8.53. The molecule has 10 heteroatoms. The highest BCUT2D eigenvalue weighted by Gasteiger charge is 2.51. The van der Waals surface area contributed by atoms with Gasteiger partial charge < -0.3 is 30.7 Å². The number of para-hydroxylation sites is 1. The van der Waals surface area contributed by atoms with Gasteiger partial charge >= 0.3 is 0 Å². The molecule has 1 aromatic heterocycles. The van der Waals surface area contributed by atoms with Crippen LogP contribution >= 0.6 is 12.4 Å². The number of rotatable bonds is 7. The molecule has 1 spiro atoms. The highest BCUT2D eigenvalue weighted by Crippen LogP contribution is 2.48. The average molecular weight is 538 g/mol. The van der Waals surface area contributed by atoms with E-state index in [0.29, 0.717) is 23.7 Å². The predicted octanol–water partition coefficient (Wildman–Crippen LogP) is 3.00. The minimum Gasteiger partial charge on any atom is -0.507 e. The summed E-state index contributed by atoms with van der Waals surface area (Å²) in [7, 11) is 0. The Balaban J connectivity index is 0.00000294. The summed E-state index contributed by atoms with van der Waals surface area (Å²) in [6.07, 6.45) is 2.28. The van der Waals surface area contributed by atoms with Gasteiger partial charge in [0.25, 0.3) is 0 Å². The van der Waals surface area contributed by atoms with Gasteiger partial charge in [0, 0.05) is 69.7 Å². The number of phenols is 1. The van der Waals surface area contributed by atoms with Gasteiger partial charge in [-0.05, 0) is 43.2 Å². The molecule has 38 heavy (non-hydrogen) atoms. The third kappa shape index (κ3) is 5.45. The van der Waals surface area contributed by atoms with Crippen LogP contribution in [0.5, 0.6) is 11.5 Å². The molecule has 1 aliphatic carbocycles. The molecule has 2 aliphatic heterocycles. The molecule has 0 radical (unpaired) electrons. The maximum Gasteiger partial charge on any atom is 0.169 e. The van der Waals surface area contributed by atoms with E-state index in [0.717, 1.165) is 76.6 Å². The van der Waals surface area contributed by atoms with Crippen molar-refractivity contribution in [3.05, 3.63) is 54.6 Å². The Morgan fingerprint density at radius 1 is 0.974 bits per heavy atom. The quantitative estimate of drug-likeness (QED) is 0.419. The summed E-state index contributed by atoms with van der Waals surface area (Å²) in [5, 5.41) is 22.2. The van der Waals surface area contributed by atoms with Crippen molar-refractivity contribution in [1.82, 2.24) is 20.4 Å². The van der Waals surface area contributed by atoms with Crippen molar-refractivity contribution in [2.24, 2.45) is 0 Å². The topological polar surface area (TPSA) is 103 Å². The number of nitrogens with zero attached hydrogens (tertiary/aromatic N) is 5. The van der Waals surface area contributed by atoms with Crippen LogP contribution < -0.4 is 25.6 Å². The summed E-state index contributed by atoms with van der Waals surface area (Å²) in [4.78, 5) is 7.31. The number of benzene rings is 2. The normalized spacial score (nSPS) is 18.7. The van der Waals surface area contributed by atoms with E-state index in [9.17, 15) is 5.11 Å². The molecule has 9 nitrogen and oxygen atoms in total. The fourth-order valence-electron chi connectivity index (χ4n) is 5.59. The number of nitrogens with one attached hydrogen (secondary N) is 1. The van der Waals surface area contributed by atoms with E-state index >= 15 is 0 Å². The number of aromatic hydroxyl groups is 1. The van der Waals surface area contributed by atoms with E-state index < -0.39 is 0 Å². The fraction of sp³-hybridized carbons (Fsp3) is 0.429. The van der Waals surface area contributed by atoms with E-state index in [4.69, 9.17) is 10.5 Å². The van der Waals surface area contributed by atoms with Gasteiger partial charge in [-0.15, -0.1) is 22.6 Å². The van der Waals surface area contributed by atoms with Crippen LogP contribution in [0.2, 0.25) is 0 Å². The Labute approximate surface area is 230 Å². The molecule has 4 N–H and O–H groups in total. The first-order valence-corrected chi connectivity index (χ1v) is 13.2. The Bertz CT molecular complexity index is 1250. The smallest absolute Gasteiger partial charge is 0.169 e. The van der Waals surface area contributed by atoms with Gasteiger partial charge in [-0.2, -0.15) is 0 Å². The summed E-state index contributed by atoms with van der Waals surface area (Å²) < 4.78 is 6.15. The molecule has 3 fully saturated rings. The van der Waals surface area contributed by atoms with E-state index in [2.05, 4.69) is 54.5 Å². The first kappa shape index (κ1) is 26.3. The summed E-state index contributed by atoms with van der Waals surface area (Å²) >= 11 is 0. The van der Waals surface area contributed by atoms with Crippen LogP contribution in [-0.2, 0) is 0 Å². The SMILES string of the molecule is Cl.Nc1nnc(-c2ccccc2O)cc1N1CCN(c2cccc(OCCN3CCNCC3)c2)C2(CC2)C1. The molecular weight excluding hydrogens is 502 g/mol. The van der Waals surface area contributed by atoms with Crippen molar-refractivity contribution < 1.29 is 9.84 Å². The second kappa shape index (κ2) is 11.2. The molecule has 3 heterocycles. The van der Waals surface area contributed by atoms with Crippen molar-refractivity contribution >= 4 is 29.6 Å². The molecule has 0 unspecified atom stereocenters. The van der Waals surface area contributed by atoms with Crippen molar-refractivity contribution in [2.45, 2.75) is 18.4 Å². The number of ether oxygens (including phenoxy) is 1. The largest absolute Gasteiger partial charge is 0.507 e. The molecule has 202 valence electrons. The highest BCUT2D eigenvalue weighted by molar-refractivity contribution is 5.85. The Hall–Kier alpha value is -3.27. The van der Waals surface area contributed by atoms with Crippen LogP contribution in [0.15, 0.2) is 54.6 Å². The molecule has 3 aliphatic rings. The lowest BCUT2D eigenvalue weighted by Crippen LogP contribution is -2.55. The maximum atomic E-state index is 10.3. The van der Waals surface area contributed by atoms with Crippen molar-refractivity contribution in [3.8, 4) is 22.8 Å². The zero-order valence-electron chi connectivity index (χ0n) is 21.6. The zero-order chi connectivity index (χ0) is 25.2. The monoisotopic (exact) mass is 537 g/mol. The van der Waals surface area contributed by atoms with Crippen LogP contribution in [0.4, 0.5) is 17.2 Å². The van der Waals surface area contributed by atoms with E-state index in [1.807, 2.05) is 18.2 Å². The van der Waals surface area contributed by atoms with Gasteiger partial charge in [0.05, 0.1) is 16.9 Å². The molecule has 6 rings (SSSR count). The molecule has 0 amide bonds. The molecule has 1 saturated carbocycles. The highest BCUT2D eigenvalue weighted by atomic mass is 35.5. The van der Waals surface area contributed by atoms with E-state index in [1.165, 1.54) is 5.69 Å². The van der Waals surface area contributed by atoms with Gasteiger partial charge in [0.2, 0.25) is 0 Å². The lowest BCUT2D eigenvalue weighted by Gasteiger charge is -2.44. The van der Waals surface area contributed by atoms with Gasteiger partial charge in [0.1, 0.15) is 18.1 Å². The Morgan fingerprint density at radius 3 is 2.58 bits per heavy atom. The maximum absolute atomic E-state index is 10.3.